The zero-order valence-electron chi connectivity index (χ0n) is 34.4. The van der Waals surface area contributed by atoms with E-state index in [1.165, 1.54) is 14.0 Å². The fourth-order valence-corrected chi connectivity index (χ4v) is 8.44. The van der Waals surface area contributed by atoms with Gasteiger partial charge in [0.1, 0.15) is 29.7 Å². The van der Waals surface area contributed by atoms with Gasteiger partial charge >= 0.3 is 12.1 Å². The average molecular weight is 784 g/mol. The van der Waals surface area contributed by atoms with Crippen LogP contribution in [0, 0.1) is 11.8 Å². The van der Waals surface area contributed by atoms with E-state index in [0.29, 0.717) is 32.4 Å². The molecule has 15 nitrogen and oxygen atoms in total. The summed E-state index contributed by atoms with van der Waals surface area (Å²) in [5, 5.41) is 11.3. The van der Waals surface area contributed by atoms with Gasteiger partial charge in [-0.25, -0.2) is 9.78 Å². The molecule has 0 radical (unpaired) electrons. The Hall–Kier alpha value is -3.76. The van der Waals surface area contributed by atoms with E-state index in [2.05, 4.69) is 9.97 Å². The van der Waals surface area contributed by atoms with Gasteiger partial charge in [-0.1, -0.05) is 13.8 Å². The summed E-state index contributed by atoms with van der Waals surface area (Å²) in [5.74, 6) is -3.30. The molecule has 15 heteroatoms. The largest absolute Gasteiger partial charge is 0.458 e. The number of carbonyl (C=O) groups excluding carboxylic acids is 4. The zero-order valence-corrected chi connectivity index (χ0v) is 34.4. The molecule has 1 amide bonds. The van der Waals surface area contributed by atoms with Crippen LogP contribution in [0.25, 0.3) is 11.3 Å². The molecule has 2 aromatic rings. The topological polar surface area (TPSA) is 172 Å². The lowest BCUT2D eigenvalue weighted by Gasteiger charge is -2.45. The Labute approximate surface area is 330 Å². The maximum Gasteiger partial charge on any atom is 0.410 e. The highest BCUT2D eigenvalue weighted by Gasteiger charge is 2.59. The van der Waals surface area contributed by atoms with E-state index >= 15 is 0 Å². The minimum Gasteiger partial charge on any atom is -0.458 e. The van der Waals surface area contributed by atoms with E-state index in [0.717, 1.165) is 11.3 Å². The number of unbranched alkanes of at least 4 members (excludes halogenated alkanes) is 1. The number of nitrogens with zero attached hydrogens (tertiary/aromatic N) is 5. The van der Waals surface area contributed by atoms with Gasteiger partial charge in [0, 0.05) is 69.2 Å². The zero-order chi connectivity index (χ0) is 40.9. The van der Waals surface area contributed by atoms with Crippen molar-refractivity contribution in [3.8, 4) is 11.3 Å². The molecule has 0 aliphatic carbocycles. The number of carbonyl (C=O) groups is 4. The molecule has 3 aliphatic rings. The van der Waals surface area contributed by atoms with E-state index in [9.17, 15) is 24.3 Å². The third-order valence-electron chi connectivity index (χ3n) is 12.2. The molecule has 0 saturated carbocycles. The van der Waals surface area contributed by atoms with Gasteiger partial charge in [0.15, 0.2) is 11.9 Å². The molecular formula is C41H61N5O10. The Morgan fingerprint density at radius 1 is 1.07 bits per heavy atom. The van der Waals surface area contributed by atoms with Crippen LogP contribution in [0.1, 0.15) is 86.5 Å². The van der Waals surface area contributed by atoms with Gasteiger partial charge in [0.25, 0.3) is 0 Å². The van der Waals surface area contributed by atoms with Gasteiger partial charge in [-0.3, -0.25) is 19.4 Å². The van der Waals surface area contributed by atoms with E-state index in [1.807, 2.05) is 55.7 Å². The highest BCUT2D eigenvalue weighted by molar-refractivity contribution is 5.99. The van der Waals surface area contributed by atoms with Crippen molar-refractivity contribution < 1.29 is 48.0 Å². The molecule has 2 aromatic heterocycles. The molecular weight excluding hydrogens is 722 g/mol. The third-order valence-corrected chi connectivity index (χ3v) is 12.2. The van der Waals surface area contributed by atoms with Crippen LogP contribution >= 0.6 is 0 Å². The number of rotatable bonds is 11. The van der Waals surface area contributed by atoms with E-state index in [-0.39, 0.29) is 43.6 Å². The van der Waals surface area contributed by atoms with Crippen LogP contribution in [0.4, 0.5) is 4.79 Å². The van der Waals surface area contributed by atoms with Gasteiger partial charge in [-0.15, -0.1) is 0 Å². The fraction of sp³-hybridized carbons (Fsp3) is 0.707. The second-order valence-corrected chi connectivity index (χ2v) is 16.3. The Bertz CT molecular complexity index is 1670. The molecule has 56 heavy (non-hydrogen) atoms. The first-order valence-corrected chi connectivity index (χ1v) is 19.9. The first-order valence-electron chi connectivity index (χ1n) is 19.9. The highest BCUT2D eigenvalue weighted by atomic mass is 16.7. The Morgan fingerprint density at radius 3 is 2.46 bits per heavy atom. The van der Waals surface area contributed by atoms with Crippen LogP contribution in [-0.2, 0) is 44.6 Å². The number of methoxy groups -OCH3 is 1. The molecule has 310 valence electrons. The molecule has 1 N–H and O–H groups in total. The van der Waals surface area contributed by atoms with E-state index in [4.69, 9.17) is 23.7 Å². The lowest BCUT2D eigenvalue weighted by Crippen LogP contribution is -2.58. The lowest BCUT2D eigenvalue weighted by molar-refractivity contribution is -0.289. The number of aromatic nitrogens is 3. The van der Waals surface area contributed by atoms with Gasteiger partial charge < -0.3 is 43.2 Å². The van der Waals surface area contributed by atoms with E-state index in [1.54, 1.807) is 44.4 Å². The quantitative estimate of drug-likeness (QED) is 0.193. The molecule has 0 spiro atoms. The summed E-state index contributed by atoms with van der Waals surface area (Å²) in [6, 6.07) is 2.78. The number of hydrogen-bond acceptors (Lipinski definition) is 13. The SMILES string of the molecule is CC[C@H]1OC(=O)[C@H](C)C(=O)C[C@@H](O[C@@H]2O[C@H](C)C[C@H](N(C)C)[C@H]2O)[C@](C)(OC)CCC(=O)[C@H](C)[C@H]2N(CCCCn3cnc(-c4cccnc4)c3)C(=O)O[C@]12C. The Kier molecular flexibility index (Phi) is 14.1. The van der Waals surface area contributed by atoms with Crippen LogP contribution in [0.15, 0.2) is 37.1 Å². The Balaban J connectivity index is 1.38. The van der Waals surface area contributed by atoms with Crippen LogP contribution in [-0.4, -0.2) is 135 Å². The van der Waals surface area contributed by atoms with Crippen LogP contribution in [0.2, 0.25) is 0 Å². The first kappa shape index (κ1) is 43.4. The number of aryl methyl sites for hydroxylation is 1. The van der Waals surface area contributed by atoms with E-state index < -0.39 is 71.5 Å². The summed E-state index contributed by atoms with van der Waals surface area (Å²) < 4.78 is 32.7. The van der Waals surface area contributed by atoms with Crippen molar-refractivity contribution in [3.05, 3.63) is 37.1 Å². The summed E-state index contributed by atoms with van der Waals surface area (Å²) in [5.41, 5.74) is -0.856. The monoisotopic (exact) mass is 783 g/mol. The highest BCUT2D eigenvalue weighted by Crippen LogP contribution is 2.42. The number of fused-ring (bicyclic) bond motifs is 1. The maximum atomic E-state index is 14.3. The summed E-state index contributed by atoms with van der Waals surface area (Å²) >= 11 is 0. The predicted molar refractivity (Wildman–Crippen MR) is 205 cm³/mol. The number of imidazole rings is 1. The van der Waals surface area contributed by atoms with Crippen LogP contribution < -0.4 is 0 Å². The van der Waals surface area contributed by atoms with Crippen LogP contribution in [0.3, 0.4) is 0 Å². The molecule has 3 saturated heterocycles. The summed E-state index contributed by atoms with van der Waals surface area (Å²) in [4.78, 5) is 67.9. The number of ketones is 2. The third kappa shape index (κ3) is 9.33. The molecule has 0 bridgehead atoms. The smallest absolute Gasteiger partial charge is 0.410 e. The number of amides is 1. The number of ether oxygens (including phenoxy) is 5. The van der Waals surface area contributed by atoms with Crippen molar-refractivity contribution in [3.63, 3.8) is 0 Å². The average Bonchev–Trinajstić information content (AvgIpc) is 3.75. The second kappa shape index (κ2) is 18.2. The van der Waals surface area contributed by atoms with Gasteiger partial charge in [0.2, 0.25) is 0 Å². The fourth-order valence-electron chi connectivity index (χ4n) is 8.44. The van der Waals surface area contributed by atoms with Gasteiger partial charge in [-0.2, -0.15) is 0 Å². The maximum absolute atomic E-state index is 14.3. The summed E-state index contributed by atoms with van der Waals surface area (Å²) in [6.45, 7) is 11.4. The van der Waals surface area contributed by atoms with Crippen molar-refractivity contribution in [2.75, 3.05) is 27.7 Å². The number of likely N-dealkylation sites (N-methyl/N-ethyl adjacent to an activating group) is 1. The normalized spacial score (nSPS) is 34.9. The second-order valence-electron chi connectivity index (χ2n) is 16.3. The number of aliphatic hydroxyl groups is 1. The minimum atomic E-state index is -1.38. The summed E-state index contributed by atoms with van der Waals surface area (Å²) in [6.07, 6.45) is 4.40. The van der Waals surface area contributed by atoms with Crippen molar-refractivity contribution in [2.24, 2.45) is 11.8 Å². The number of cyclic esters (lactones) is 1. The molecule has 3 aliphatic heterocycles. The lowest BCUT2D eigenvalue weighted by atomic mass is 9.77. The van der Waals surface area contributed by atoms with Gasteiger partial charge in [-0.05, 0) is 86.0 Å². The number of esters is 1. The number of pyridine rings is 1. The standard InChI is InChI=1S/C41H61N5O10/c1-10-33-41(6)36(46(39(51)56-41)19-12-11-18-45-23-29(43-24-45)28-14-13-17-42-22-28)26(3)31(47)15-16-40(5,52-9)34(21-32(48)27(4)37(50)54-33)55-38-35(49)30(44(7)8)20-25(2)53-38/h13-14,17,22-27,30,33-36,38,49H,10-12,15-16,18-21H2,1-9H3/t25-,26+,27-,30+,33-,34-,35-,36-,38+,40-,41-/m1/s1. The number of aliphatic hydroxyl groups excluding tert-OH is 1. The molecule has 3 fully saturated rings. The Morgan fingerprint density at radius 2 is 1.80 bits per heavy atom. The van der Waals surface area contributed by atoms with Crippen LogP contribution in [0.5, 0.6) is 0 Å². The summed E-state index contributed by atoms with van der Waals surface area (Å²) in [7, 11) is 5.22. The first-order chi connectivity index (χ1) is 26.5. The van der Waals surface area contributed by atoms with Gasteiger partial charge in [0.05, 0.1) is 35.9 Å². The van der Waals surface area contributed by atoms with Crippen molar-refractivity contribution >= 4 is 23.6 Å². The number of hydrogen-bond donors (Lipinski definition) is 1. The molecule has 5 rings (SSSR count). The predicted octanol–water partition coefficient (Wildman–Crippen LogP) is 4.44. The molecule has 0 aromatic carbocycles. The number of Topliss-reactive ketones (excluding diaryl/α,β-unsaturated/α-hetero) is 2. The molecule has 0 unspecified atom stereocenters. The molecule has 11 atom stereocenters. The minimum absolute atomic E-state index is 0.0327. The van der Waals surface area contributed by atoms with Crippen molar-refractivity contribution in [2.45, 2.75) is 147 Å². The van der Waals surface area contributed by atoms with Crippen molar-refractivity contribution in [1.82, 2.24) is 24.3 Å². The van der Waals surface area contributed by atoms with Crippen molar-refractivity contribution in [1.29, 1.82) is 0 Å². The molecule has 5 heterocycles.